The minimum Gasteiger partial charge on any atom is -0.355 e. The van der Waals surface area contributed by atoms with E-state index in [1.165, 1.54) is 0 Å². The Morgan fingerprint density at radius 2 is 1.97 bits per heavy atom. The molecule has 1 aromatic carbocycles. The molecule has 0 aliphatic carbocycles. The topological polar surface area (TPSA) is 110 Å². The summed E-state index contributed by atoms with van der Waals surface area (Å²) in [5.74, 6) is 0.616. The fourth-order valence-electron chi connectivity index (χ4n) is 3.49. The Hall–Kier alpha value is -2.42. The molecule has 4 rings (SSSR count). The summed E-state index contributed by atoms with van der Waals surface area (Å²) in [6.45, 7) is 4.39. The van der Waals surface area contributed by atoms with E-state index < -0.39 is 11.2 Å². The molecule has 152 valence electrons. The molecular formula is C19H20Cl2N6O2. The normalized spacial score (nSPS) is 16.3. The first-order chi connectivity index (χ1) is 13.8. The van der Waals surface area contributed by atoms with Crippen LogP contribution in [-0.2, 0) is 0 Å². The van der Waals surface area contributed by atoms with Crippen LogP contribution < -0.4 is 21.9 Å². The van der Waals surface area contributed by atoms with Gasteiger partial charge < -0.3 is 10.6 Å². The highest BCUT2D eigenvalue weighted by Gasteiger charge is 2.29. The number of fused-ring (bicyclic) bond motifs is 1. The molecule has 1 aliphatic rings. The van der Waals surface area contributed by atoms with E-state index in [0.29, 0.717) is 12.4 Å². The molecule has 1 aliphatic heterocycles. The van der Waals surface area contributed by atoms with Gasteiger partial charge in [-0.15, -0.1) is 0 Å². The Kier molecular flexibility index (Phi) is 5.10. The fraction of sp³-hybridized carbons (Fsp3) is 0.368. The van der Waals surface area contributed by atoms with E-state index in [0.717, 1.165) is 30.5 Å². The average molecular weight is 435 g/mol. The molecule has 2 aromatic heterocycles. The van der Waals surface area contributed by atoms with Crippen molar-refractivity contribution in [1.82, 2.24) is 19.5 Å². The van der Waals surface area contributed by atoms with Crippen LogP contribution in [-0.4, -0.2) is 39.2 Å². The number of H-pyrrole nitrogens is 1. The Balaban J connectivity index is 1.76. The van der Waals surface area contributed by atoms with Gasteiger partial charge in [0.2, 0.25) is 0 Å². The minimum atomic E-state index is -0.660. The summed E-state index contributed by atoms with van der Waals surface area (Å²) in [5, 5.41) is 0.355. The van der Waals surface area contributed by atoms with Gasteiger partial charge in [0.15, 0.2) is 11.2 Å². The van der Waals surface area contributed by atoms with Crippen LogP contribution in [0.4, 0.5) is 5.82 Å². The van der Waals surface area contributed by atoms with Crippen molar-refractivity contribution >= 4 is 40.2 Å². The lowest BCUT2D eigenvalue weighted by Crippen LogP contribution is -2.42. The van der Waals surface area contributed by atoms with E-state index >= 15 is 0 Å². The first kappa shape index (κ1) is 19.9. The quantitative estimate of drug-likeness (QED) is 0.654. The second-order valence-electron chi connectivity index (χ2n) is 7.57. The van der Waals surface area contributed by atoms with Gasteiger partial charge in [-0.25, -0.2) is 19.3 Å². The molecule has 3 heterocycles. The van der Waals surface area contributed by atoms with Crippen LogP contribution in [0.15, 0.2) is 34.0 Å². The summed E-state index contributed by atoms with van der Waals surface area (Å²) in [6, 6.07) is 4.73. The number of benzene rings is 1. The standard InChI is InChI=1S/C19H20Cl2N6O2/c1-19(10-22)5-7-26(8-6-19)13-9-23-15-16(24-13)25-18(29)27(17(15)28)12-4-2-3-11(20)14(12)21/h2-4,9H,5-8,10,22H2,1H3,(H,24,25,29). The second kappa shape index (κ2) is 7.44. The monoisotopic (exact) mass is 434 g/mol. The number of hydrogen-bond acceptors (Lipinski definition) is 6. The summed E-state index contributed by atoms with van der Waals surface area (Å²) in [7, 11) is 0. The van der Waals surface area contributed by atoms with Crippen molar-refractivity contribution in [2.75, 3.05) is 24.5 Å². The van der Waals surface area contributed by atoms with E-state index in [1.807, 2.05) is 0 Å². The van der Waals surface area contributed by atoms with Crippen LogP contribution in [0.5, 0.6) is 0 Å². The average Bonchev–Trinajstić information content (AvgIpc) is 2.71. The number of nitrogens with zero attached hydrogens (tertiary/aromatic N) is 4. The lowest BCUT2D eigenvalue weighted by atomic mass is 9.80. The first-order valence-corrected chi connectivity index (χ1v) is 10.00. The number of rotatable bonds is 3. The van der Waals surface area contributed by atoms with E-state index in [-0.39, 0.29) is 32.3 Å². The number of nitrogens with two attached hydrogens (primary N) is 1. The van der Waals surface area contributed by atoms with Crippen LogP contribution in [0.25, 0.3) is 16.9 Å². The molecule has 0 unspecified atom stereocenters. The van der Waals surface area contributed by atoms with Crippen molar-refractivity contribution in [3.63, 3.8) is 0 Å². The predicted octanol–water partition coefficient (Wildman–Crippen LogP) is 2.34. The third-order valence-corrected chi connectivity index (χ3v) is 6.36. The van der Waals surface area contributed by atoms with E-state index in [2.05, 4.69) is 26.8 Å². The number of aromatic nitrogens is 4. The lowest BCUT2D eigenvalue weighted by molar-refractivity contribution is 0.258. The Morgan fingerprint density at radius 3 is 2.66 bits per heavy atom. The molecule has 1 saturated heterocycles. The zero-order valence-electron chi connectivity index (χ0n) is 15.8. The van der Waals surface area contributed by atoms with Crippen LogP contribution in [0.2, 0.25) is 10.0 Å². The van der Waals surface area contributed by atoms with Gasteiger partial charge in [-0.1, -0.05) is 36.2 Å². The highest BCUT2D eigenvalue weighted by atomic mass is 35.5. The predicted molar refractivity (Wildman–Crippen MR) is 114 cm³/mol. The molecule has 0 saturated carbocycles. The number of anilines is 1. The SMILES string of the molecule is CC1(CN)CCN(c2cnc3c(=O)n(-c4cccc(Cl)c4Cl)c(=O)[nH]c3n2)CC1. The van der Waals surface area contributed by atoms with Gasteiger partial charge in [-0.3, -0.25) is 9.78 Å². The maximum absolute atomic E-state index is 12.9. The zero-order chi connectivity index (χ0) is 20.8. The summed E-state index contributed by atoms with van der Waals surface area (Å²) < 4.78 is 0.915. The van der Waals surface area contributed by atoms with E-state index in [1.54, 1.807) is 24.4 Å². The van der Waals surface area contributed by atoms with E-state index in [4.69, 9.17) is 28.9 Å². The van der Waals surface area contributed by atoms with Crippen LogP contribution in [0, 0.1) is 5.41 Å². The number of hydrogen-bond donors (Lipinski definition) is 2. The molecule has 10 heteroatoms. The van der Waals surface area contributed by atoms with Gasteiger partial charge in [-0.2, -0.15) is 0 Å². The molecule has 0 amide bonds. The van der Waals surface area contributed by atoms with E-state index in [9.17, 15) is 9.59 Å². The summed E-state index contributed by atoms with van der Waals surface area (Å²) in [6.07, 6.45) is 3.43. The molecule has 0 spiro atoms. The molecule has 0 radical (unpaired) electrons. The molecule has 29 heavy (non-hydrogen) atoms. The van der Waals surface area contributed by atoms with Gasteiger partial charge >= 0.3 is 5.69 Å². The molecule has 8 nitrogen and oxygen atoms in total. The first-order valence-electron chi connectivity index (χ1n) is 9.24. The van der Waals surface area contributed by atoms with Gasteiger partial charge in [0.25, 0.3) is 5.56 Å². The van der Waals surface area contributed by atoms with Gasteiger partial charge in [0.1, 0.15) is 5.82 Å². The maximum Gasteiger partial charge on any atom is 0.334 e. The highest BCUT2D eigenvalue weighted by Crippen LogP contribution is 2.31. The summed E-state index contributed by atoms with van der Waals surface area (Å²) in [5.41, 5.74) is 5.10. The second-order valence-corrected chi connectivity index (χ2v) is 8.36. The summed E-state index contributed by atoms with van der Waals surface area (Å²) >= 11 is 12.2. The fourth-order valence-corrected chi connectivity index (χ4v) is 3.87. The Morgan fingerprint density at radius 1 is 1.24 bits per heavy atom. The number of aromatic amines is 1. The molecular weight excluding hydrogens is 415 g/mol. The van der Waals surface area contributed by atoms with Crippen LogP contribution in [0.3, 0.4) is 0 Å². The minimum absolute atomic E-state index is 0.0493. The summed E-state index contributed by atoms with van der Waals surface area (Å²) in [4.78, 5) is 39.1. The van der Waals surface area contributed by atoms with Crippen molar-refractivity contribution in [2.45, 2.75) is 19.8 Å². The van der Waals surface area contributed by atoms with Crippen molar-refractivity contribution < 1.29 is 0 Å². The Labute approximate surface area is 176 Å². The van der Waals surface area contributed by atoms with Crippen molar-refractivity contribution in [3.05, 3.63) is 55.3 Å². The molecule has 3 aromatic rings. The van der Waals surface area contributed by atoms with Crippen molar-refractivity contribution in [3.8, 4) is 5.69 Å². The Bertz CT molecular complexity index is 1200. The van der Waals surface area contributed by atoms with Crippen molar-refractivity contribution in [2.24, 2.45) is 11.1 Å². The molecule has 0 atom stereocenters. The maximum atomic E-state index is 12.9. The molecule has 0 bridgehead atoms. The lowest BCUT2D eigenvalue weighted by Gasteiger charge is -2.39. The van der Waals surface area contributed by atoms with Gasteiger partial charge in [0.05, 0.1) is 21.9 Å². The number of halogens is 2. The zero-order valence-corrected chi connectivity index (χ0v) is 17.3. The number of piperidine rings is 1. The molecule has 1 fully saturated rings. The molecule has 3 N–H and O–H groups in total. The van der Waals surface area contributed by atoms with Gasteiger partial charge in [-0.05, 0) is 36.9 Å². The van der Waals surface area contributed by atoms with Crippen LogP contribution >= 0.6 is 23.2 Å². The smallest absolute Gasteiger partial charge is 0.334 e. The van der Waals surface area contributed by atoms with Crippen molar-refractivity contribution in [1.29, 1.82) is 0 Å². The van der Waals surface area contributed by atoms with Gasteiger partial charge in [0, 0.05) is 13.1 Å². The third kappa shape index (κ3) is 3.52. The largest absolute Gasteiger partial charge is 0.355 e. The third-order valence-electron chi connectivity index (χ3n) is 5.55. The number of nitrogens with one attached hydrogen (secondary N) is 1. The van der Waals surface area contributed by atoms with Crippen LogP contribution in [0.1, 0.15) is 19.8 Å². The highest BCUT2D eigenvalue weighted by molar-refractivity contribution is 6.43.